The maximum atomic E-state index is 5.90. The minimum atomic E-state index is 0.537. The number of furan rings is 1. The van der Waals surface area contributed by atoms with Crippen molar-refractivity contribution >= 4 is 5.96 Å². The topological polar surface area (TPSA) is 54.8 Å². The summed E-state index contributed by atoms with van der Waals surface area (Å²) in [5.41, 5.74) is 5.90. The lowest BCUT2D eigenvalue weighted by Gasteiger charge is -2.27. The second-order valence-corrected chi connectivity index (χ2v) is 3.80. The predicted molar refractivity (Wildman–Crippen MR) is 59.5 cm³/mol. The first kappa shape index (κ1) is 10.1. The van der Waals surface area contributed by atoms with Gasteiger partial charge >= 0.3 is 0 Å². The highest BCUT2D eigenvalue weighted by Gasteiger charge is 2.11. The van der Waals surface area contributed by atoms with Crippen molar-refractivity contribution in [1.29, 1.82) is 0 Å². The Kier molecular flexibility index (Phi) is 3.27. The summed E-state index contributed by atoms with van der Waals surface area (Å²) in [7, 11) is 0. The van der Waals surface area contributed by atoms with Crippen molar-refractivity contribution in [3.8, 4) is 0 Å². The Hall–Kier alpha value is -1.45. The van der Waals surface area contributed by atoms with Gasteiger partial charge in [-0.3, -0.25) is 0 Å². The Labute approximate surface area is 89.8 Å². The molecule has 15 heavy (non-hydrogen) atoms. The molecule has 0 aromatic carbocycles. The van der Waals surface area contributed by atoms with E-state index in [2.05, 4.69) is 9.89 Å². The molecule has 2 rings (SSSR count). The third kappa shape index (κ3) is 2.75. The molecule has 4 nitrogen and oxygen atoms in total. The van der Waals surface area contributed by atoms with E-state index in [1.807, 2.05) is 12.1 Å². The number of rotatable bonds is 2. The number of aliphatic imine (C=N–C) groups is 1. The molecule has 4 heteroatoms. The van der Waals surface area contributed by atoms with Crippen LogP contribution in [0.3, 0.4) is 0 Å². The van der Waals surface area contributed by atoms with Crippen molar-refractivity contribution in [2.75, 3.05) is 13.1 Å². The van der Waals surface area contributed by atoms with E-state index < -0.39 is 0 Å². The molecule has 1 aromatic rings. The fraction of sp³-hybridized carbons (Fsp3) is 0.545. The van der Waals surface area contributed by atoms with Gasteiger partial charge in [0.2, 0.25) is 0 Å². The third-order valence-corrected chi connectivity index (χ3v) is 2.66. The van der Waals surface area contributed by atoms with Crippen LogP contribution in [0.4, 0.5) is 0 Å². The van der Waals surface area contributed by atoms with Crippen LogP contribution in [-0.4, -0.2) is 23.9 Å². The van der Waals surface area contributed by atoms with Crippen LogP contribution in [-0.2, 0) is 6.54 Å². The maximum Gasteiger partial charge on any atom is 0.191 e. The highest BCUT2D eigenvalue weighted by atomic mass is 16.3. The van der Waals surface area contributed by atoms with Crippen molar-refractivity contribution in [3.05, 3.63) is 24.2 Å². The lowest BCUT2D eigenvalue weighted by atomic mass is 10.1. The van der Waals surface area contributed by atoms with E-state index in [-0.39, 0.29) is 0 Å². The number of hydrogen-bond acceptors (Lipinski definition) is 2. The number of hydrogen-bond donors (Lipinski definition) is 1. The van der Waals surface area contributed by atoms with Crippen LogP contribution in [0.25, 0.3) is 0 Å². The second-order valence-electron chi connectivity index (χ2n) is 3.80. The van der Waals surface area contributed by atoms with E-state index in [1.54, 1.807) is 6.26 Å². The molecule has 82 valence electrons. The molecule has 0 bridgehead atoms. The zero-order chi connectivity index (χ0) is 10.5. The molecule has 1 aliphatic rings. The van der Waals surface area contributed by atoms with E-state index in [0.717, 1.165) is 18.8 Å². The molecule has 0 unspecified atom stereocenters. The summed E-state index contributed by atoms with van der Waals surface area (Å²) in [5.74, 6) is 1.50. The van der Waals surface area contributed by atoms with Gasteiger partial charge in [-0.15, -0.1) is 0 Å². The molecule has 0 saturated carbocycles. The fourth-order valence-corrected chi connectivity index (χ4v) is 1.78. The zero-order valence-corrected chi connectivity index (χ0v) is 8.85. The van der Waals surface area contributed by atoms with Crippen LogP contribution in [0.15, 0.2) is 27.8 Å². The predicted octanol–water partition coefficient (Wildman–Crippen LogP) is 1.58. The van der Waals surface area contributed by atoms with Crippen LogP contribution in [0.5, 0.6) is 0 Å². The Morgan fingerprint density at radius 1 is 1.40 bits per heavy atom. The highest BCUT2D eigenvalue weighted by Crippen LogP contribution is 2.08. The SMILES string of the molecule is NC(=NCc1ccco1)N1CCCCC1. The lowest BCUT2D eigenvalue weighted by Crippen LogP contribution is -2.40. The van der Waals surface area contributed by atoms with Crippen LogP contribution < -0.4 is 5.73 Å². The number of likely N-dealkylation sites (tertiary alicyclic amines) is 1. The molecule has 2 N–H and O–H groups in total. The van der Waals surface area contributed by atoms with E-state index in [0.29, 0.717) is 12.5 Å². The number of guanidine groups is 1. The highest BCUT2D eigenvalue weighted by molar-refractivity contribution is 5.78. The van der Waals surface area contributed by atoms with E-state index in [4.69, 9.17) is 10.2 Å². The molecule has 0 aliphatic carbocycles. The van der Waals surface area contributed by atoms with Gasteiger partial charge in [0, 0.05) is 13.1 Å². The van der Waals surface area contributed by atoms with Gasteiger partial charge in [-0.25, -0.2) is 4.99 Å². The standard InChI is InChI=1S/C11H17N3O/c12-11(14-6-2-1-3-7-14)13-9-10-5-4-8-15-10/h4-5,8H,1-3,6-7,9H2,(H2,12,13). The van der Waals surface area contributed by atoms with Crippen molar-refractivity contribution < 1.29 is 4.42 Å². The molecular weight excluding hydrogens is 190 g/mol. The van der Waals surface area contributed by atoms with Crippen LogP contribution in [0, 0.1) is 0 Å². The third-order valence-electron chi connectivity index (χ3n) is 2.66. The molecule has 1 fully saturated rings. The van der Waals surface area contributed by atoms with Gasteiger partial charge in [0.05, 0.1) is 6.26 Å². The van der Waals surface area contributed by atoms with Gasteiger partial charge in [-0.2, -0.15) is 0 Å². The summed E-state index contributed by atoms with van der Waals surface area (Å²) in [4.78, 5) is 6.46. The lowest BCUT2D eigenvalue weighted by molar-refractivity contribution is 0.337. The molecule has 0 radical (unpaired) electrons. The molecule has 0 spiro atoms. The Morgan fingerprint density at radius 3 is 2.87 bits per heavy atom. The number of nitrogens with two attached hydrogens (primary N) is 1. The molecule has 2 heterocycles. The summed E-state index contributed by atoms with van der Waals surface area (Å²) in [6.45, 7) is 2.61. The minimum absolute atomic E-state index is 0.537. The van der Waals surface area contributed by atoms with Gasteiger partial charge in [0.1, 0.15) is 12.3 Å². The Bertz CT molecular complexity index is 313. The second kappa shape index (κ2) is 4.87. The summed E-state index contributed by atoms with van der Waals surface area (Å²) < 4.78 is 5.19. The largest absolute Gasteiger partial charge is 0.467 e. The van der Waals surface area contributed by atoms with Crippen LogP contribution in [0.2, 0.25) is 0 Å². The van der Waals surface area contributed by atoms with Crippen LogP contribution >= 0.6 is 0 Å². The minimum Gasteiger partial charge on any atom is -0.467 e. The first-order chi connectivity index (χ1) is 7.36. The van der Waals surface area contributed by atoms with E-state index in [1.165, 1.54) is 19.3 Å². The van der Waals surface area contributed by atoms with Gasteiger partial charge in [0.15, 0.2) is 5.96 Å². The summed E-state index contributed by atoms with van der Waals surface area (Å²) in [6.07, 6.45) is 5.40. The van der Waals surface area contributed by atoms with Crippen molar-refractivity contribution in [1.82, 2.24) is 4.90 Å². The van der Waals surface area contributed by atoms with E-state index >= 15 is 0 Å². The van der Waals surface area contributed by atoms with Crippen molar-refractivity contribution in [2.24, 2.45) is 10.7 Å². The molecule has 0 amide bonds. The smallest absolute Gasteiger partial charge is 0.191 e. The average Bonchev–Trinajstić information content (AvgIpc) is 2.80. The zero-order valence-electron chi connectivity index (χ0n) is 8.85. The molecule has 1 aromatic heterocycles. The first-order valence-electron chi connectivity index (χ1n) is 5.43. The molecular formula is C11H17N3O. The van der Waals surface area contributed by atoms with Crippen LogP contribution in [0.1, 0.15) is 25.0 Å². The Morgan fingerprint density at radius 2 is 2.20 bits per heavy atom. The monoisotopic (exact) mass is 207 g/mol. The number of nitrogens with zero attached hydrogens (tertiary/aromatic N) is 2. The number of piperidine rings is 1. The quantitative estimate of drug-likeness (QED) is 0.591. The first-order valence-corrected chi connectivity index (χ1v) is 5.43. The molecule has 1 saturated heterocycles. The van der Waals surface area contributed by atoms with Gasteiger partial charge in [-0.1, -0.05) is 0 Å². The van der Waals surface area contributed by atoms with Crippen molar-refractivity contribution in [3.63, 3.8) is 0 Å². The van der Waals surface area contributed by atoms with Gasteiger partial charge < -0.3 is 15.1 Å². The van der Waals surface area contributed by atoms with Crippen molar-refractivity contribution in [2.45, 2.75) is 25.8 Å². The average molecular weight is 207 g/mol. The maximum absolute atomic E-state index is 5.90. The van der Waals surface area contributed by atoms with Gasteiger partial charge in [0.25, 0.3) is 0 Å². The summed E-state index contributed by atoms with van der Waals surface area (Å²) >= 11 is 0. The van der Waals surface area contributed by atoms with Gasteiger partial charge in [-0.05, 0) is 31.4 Å². The summed E-state index contributed by atoms with van der Waals surface area (Å²) in [5, 5.41) is 0. The van der Waals surface area contributed by atoms with E-state index in [9.17, 15) is 0 Å². The summed E-state index contributed by atoms with van der Waals surface area (Å²) in [6, 6.07) is 3.77. The Balaban J connectivity index is 1.88. The molecule has 1 aliphatic heterocycles. The normalized spacial score (nSPS) is 18.1. The fourth-order valence-electron chi connectivity index (χ4n) is 1.78. The molecule has 0 atom stereocenters.